The van der Waals surface area contributed by atoms with Gasteiger partial charge in [-0.3, -0.25) is 0 Å². The molecule has 1 unspecified atom stereocenters. The van der Waals surface area contributed by atoms with Crippen LogP contribution in [0, 0.1) is 40.4 Å². The lowest BCUT2D eigenvalue weighted by Gasteiger charge is -2.62. The van der Waals surface area contributed by atoms with Gasteiger partial charge < -0.3 is 9.84 Å². The molecule has 2 heteroatoms. The quantitative estimate of drug-likeness (QED) is 0.661. The number of hydrogen-bond donors (Lipinski definition) is 1. The summed E-state index contributed by atoms with van der Waals surface area (Å²) in [5.41, 5.74) is 1.21. The Hall–Kier alpha value is -0.0800. The molecule has 5 aliphatic carbocycles. The van der Waals surface area contributed by atoms with Crippen LogP contribution in [0.25, 0.3) is 0 Å². The van der Waals surface area contributed by atoms with Crippen LogP contribution in [0.5, 0.6) is 0 Å². The molecule has 1 N–H and O–H groups in total. The molecule has 0 radical (unpaired) electrons. The molecule has 1 aliphatic heterocycles. The summed E-state index contributed by atoms with van der Waals surface area (Å²) in [5, 5.41) is 10.2. The topological polar surface area (TPSA) is 32.8 Å². The van der Waals surface area contributed by atoms with Gasteiger partial charge in [0.25, 0.3) is 0 Å². The van der Waals surface area contributed by atoms with Crippen LogP contribution in [-0.2, 0) is 4.74 Å². The molecule has 1 saturated heterocycles. The average molecular weight is 331 g/mol. The minimum atomic E-state index is -0.00675. The van der Waals surface area contributed by atoms with E-state index in [-0.39, 0.29) is 6.10 Å². The Kier molecular flexibility index (Phi) is 3.00. The Morgan fingerprint density at radius 2 is 1.67 bits per heavy atom. The Morgan fingerprint density at radius 3 is 2.58 bits per heavy atom. The van der Waals surface area contributed by atoms with Crippen LogP contribution < -0.4 is 0 Å². The van der Waals surface area contributed by atoms with Crippen LogP contribution in [0.2, 0.25) is 0 Å². The first kappa shape index (κ1) is 15.0. The second-order valence-electron chi connectivity index (χ2n) is 10.7. The molecule has 1 heterocycles. The number of hydrogen-bond acceptors (Lipinski definition) is 2. The molecule has 0 aromatic heterocycles. The van der Waals surface area contributed by atoms with E-state index < -0.39 is 0 Å². The maximum atomic E-state index is 10.2. The van der Waals surface area contributed by atoms with Gasteiger partial charge in [-0.2, -0.15) is 0 Å². The summed E-state index contributed by atoms with van der Waals surface area (Å²) in [6.45, 7) is 2.62. The van der Waals surface area contributed by atoms with Crippen molar-refractivity contribution >= 4 is 0 Å². The highest BCUT2D eigenvalue weighted by Crippen LogP contribution is 2.71. The smallest absolute Gasteiger partial charge is 0.0875 e. The number of ether oxygens (including phenoxy) is 1. The Balaban J connectivity index is 1.32. The van der Waals surface area contributed by atoms with E-state index in [2.05, 4.69) is 6.92 Å². The van der Waals surface area contributed by atoms with Gasteiger partial charge in [0.15, 0.2) is 0 Å². The van der Waals surface area contributed by atoms with E-state index in [4.69, 9.17) is 4.74 Å². The third kappa shape index (κ3) is 1.76. The van der Waals surface area contributed by atoms with Crippen molar-refractivity contribution in [1.82, 2.24) is 0 Å². The first-order valence-electron chi connectivity index (χ1n) is 11.0. The van der Waals surface area contributed by atoms with Crippen molar-refractivity contribution in [1.29, 1.82) is 0 Å². The zero-order chi connectivity index (χ0) is 16.1. The zero-order valence-electron chi connectivity index (χ0n) is 15.3. The van der Waals surface area contributed by atoms with Crippen molar-refractivity contribution in [2.45, 2.75) is 95.9 Å². The maximum absolute atomic E-state index is 10.2. The molecule has 6 fully saturated rings. The summed E-state index contributed by atoms with van der Waals surface area (Å²) in [4.78, 5) is 0. The molecule has 24 heavy (non-hydrogen) atoms. The molecule has 1 spiro atoms. The molecule has 6 rings (SSSR count). The van der Waals surface area contributed by atoms with Gasteiger partial charge in [0, 0.05) is 0 Å². The Bertz CT molecular complexity index is 546. The van der Waals surface area contributed by atoms with Crippen LogP contribution in [0.3, 0.4) is 0 Å². The lowest BCUT2D eigenvalue weighted by molar-refractivity contribution is -0.134. The van der Waals surface area contributed by atoms with E-state index in [1.54, 1.807) is 0 Å². The molecular formula is C22H34O2. The summed E-state index contributed by atoms with van der Waals surface area (Å²) in [5.74, 6) is 4.68. The fraction of sp³-hybridized carbons (Fsp3) is 1.00. The normalized spacial score (nSPS) is 64.2. The number of epoxide rings is 1. The van der Waals surface area contributed by atoms with E-state index in [0.29, 0.717) is 23.0 Å². The fourth-order valence-corrected chi connectivity index (χ4v) is 9.23. The largest absolute Gasteiger partial charge is 0.393 e. The standard InChI is InChI=1S/C22H34O2/c1-21-9-6-14(23)12-13(21)2-3-15-16(21)7-10-22-11-8-19-20(24-19)18(22)5-4-17(15)22/h13-20,23H,2-12H2,1H3/t13-,14+,15-,16+,17+,18-,19?,20+,21+,22+/m1/s1. The highest BCUT2D eigenvalue weighted by Gasteiger charge is 2.67. The molecule has 0 aromatic carbocycles. The SMILES string of the molecule is C[C@]12CC[C@H](O)C[C@H]1CC[C@@H]1[C@@H]2CC[C@@]23CCC4O[C@H]4[C@H]2CC[C@@H]13. The van der Waals surface area contributed by atoms with Crippen molar-refractivity contribution in [2.24, 2.45) is 40.4 Å². The van der Waals surface area contributed by atoms with Gasteiger partial charge in [-0.25, -0.2) is 0 Å². The third-order valence-electron chi connectivity index (χ3n) is 10.3. The summed E-state index contributed by atoms with van der Waals surface area (Å²) >= 11 is 0. The minimum Gasteiger partial charge on any atom is -0.393 e. The molecular weight excluding hydrogens is 296 g/mol. The van der Waals surface area contributed by atoms with E-state index >= 15 is 0 Å². The van der Waals surface area contributed by atoms with Crippen LogP contribution in [0.1, 0.15) is 77.6 Å². The summed E-state index contributed by atoms with van der Waals surface area (Å²) in [6.07, 6.45) is 16.4. The maximum Gasteiger partial charge on any atom is 0.0875 e. The predicted octanol–water partition coefficient (Wildman–Crippen LogP) is 4.55. The van der Waals surface area contributed by atoms with Gasteiger partial charge in [-0.05, 0) is 111 Å². The second-order valence-corrected chi connectivity index (χ2v) is 10.7. The second kappa shape index (κ2) is 4.80. The molecule has 10 atom stereocenters. The van der Waals surface area contributed by atoms with Crippen molar-refractivity contribution in [3.05, 3.63) is 0 Å². The van der Waals surface area contributed by atoms with Crippen LogP contribution >= 0.6 is 0 Å². The van der Waals surface area contributed by atoms with E-state index in [9.17, 15) is 5.11 Å². The molecule has 5 saturated carbocycles. The fourth-order valence-electron chi connectivity index (χ4n) is 9.23. The van der Waals surface area contributed by atoms with E-state index in [1.165, 1.54) is 57.8 Å². The predicted molar refractivity (Wildman–Crippen MR) is 93.4 cm³/mol. The van der Waals surface area contributed by atoms with Crippen molar-refractivity contribution in [3.8, 4) is 0 Å². The number of aliphatic hydroxyl groups excluding tert-OH is 1. The molecule has 0 bridgehead atoms. The Morgan fingerprint density at radius 1 is 0.833 bits per heavy atom. The Labute approximate surface area is 146 Å². The van der Waals surface area contributed by atoms with E-state index in [0.717, 1.165) is 42.4 Å². The molecule has 0 amide bonds. The molecule has 134 valence electrons. The van der Waals surface area contributed by atoms with Crippen molar-refractivity contribution in [2.75, 3.05) is 0 Å². The highest BCUT2D eigenvalue weighted by molar-refractivity contribution is 5.16. The van der Waals surface area contributed by atoms with Gasteiger partial charge >= 0.3 is 0 Å². The minimum absolute atomic E-state index is 0.00675. The van der Waals surface area contributed by atoms with Crippen LogP contribution in [0.15, 0.2) is 0 Å². The monoisotopic (exact) mass is 330 g/mol. The zero-order valence-corrected chi connectivity index (χ0v) is 15.3. The van der Waals surface area contributed by atoms with Gasteiger partial charge in [0.1, 0.15) is 0 Å². The lowest BCUT2D eigenvalue weighted by Crippen LogP contribution is -2.55. The van der Waals surface area contributed by atoms with Gasteiger partial charge in [-0.1, -0.05) is 6.92 Å². The molecule has 2 nitrogen and oxygen atoms in total. The van der Waals surface area contributed by atoms with Crippen LogP contribution in [-0.4, -0.2) is 23.4 Å². The lowest BCUT2D eigenvalue weighted by atomic mass is 9.43. The van der Waals surface area contributed by atoms with Crippen LogP contribution in [0.4, 0.5) is 0 Å². The first-order chi connectivity index (χ1) is 11.6. The number of rotatable bonds is 0. The molecule has 6 aliphatic rings. The highest BCUT2D eigenvalue weighted by atomic mass is 16.6. The van der Waals surface area contributed by atoms with Gasteiger partial charge in [0.05, 0.1) is 18.3 Å². The van der Waals surface area contributed by atoms with Gasteiger partial charge in [-0.15, -0.1) is 0 Å². The number of aliphatic hydroxyl groups is 1. The summed E-state index contributed by atoms with van der Waals surface area (Å²) < 4.78 is 6.06. The third-order valence-corrected chi connectivity index (χ3v) is 10.3. The first-order valence-corrected chi connectivity index (χ1v) is 11.0. The van der Waals surface area contributed by atoms with Gasteiger partial charge in [0.2, 0.25) is 0 Å². The average Bonchev–Trinajstić information content (AvgIpc) is 3.26. The number of fused-ring (bicyclic) bond motifs is 6. The van der Waals surface area contributed by atoms with Crippen molar-refractivity contribution < 1.29 is 9.84 Å². The summed E-state index contributed by atoms with van der Waals surface area (Å²) in [7, 11) is 0. The van der Waals surface area contributed by atoms with E-state index in [1.807, 2.05) is 0 Å². The summed E-state index contributed by atoms with van der Waals surface area (Å²) in [6, 6.07) is 0. The van der Waals surface area contributed by atoms with Crippen molar-refractivity contribution in [3.63, 3.8) is 0 Å². The molecule has 0 aromatic rings.